The Morgan fingerprint density at radius 1 is 1.24 bits per heavy atom. The van der Waals surface area contributed by atoms with Gasteiger partial charge in [0.25, 0.3) is 5.56 Å². The zero-order valence-corrected chi connectivity index (χ0v) is 17.0. The van der Waals surface area contributed by atoms with Gasteiger partial charge in [0.15, 0.2) is 0 Å². The number of hydrogen-bond donors (Lipinski definition) is 4. The summed E-state index contributed by atoms with van der Waals surface area (Å²) >= 11 is 0. The third kappa shape index (κ3) is 5.45. The maximum absolute atomic E-state index is 12.3. The van der Waals surface area contributed by atoms with E-state index < -0.39 is 27.2 Å². The van der Waals surface area contributed by atoms with Gasteiger partial charge in [-0.05, 0) is 30.7 Å². The molecule has 0 atom stereocenters. The molecule has 0 aliphatic rings. The van der Waals surface area contributed by atoms with E-state index in [0.717, 1.165) is 6.42 Å². The van der Waals surface area contributed by atoms with Gasteiger partial charge in [-0.3, -0.25) is 19.1 Å². The summed E-state index contributed by atoms with van der Waals surface area (Å²) in [5.41, 5.74) is 5.09. The third-order valence-corrected chi connectivity index (χ3v) is 5.11. The molecule has 0 saturated heterocycles. The van der Waals surface area contributed by atoms with Crippen LogP contribution in [0, 0.1) is 0 Å². The molecular formula is C17H24N6O5S. The lowest BCUT2D eigenvalue weighted by atomic mass is 10.3. The van der Waals surface area contributed by atoms with Crippen molar-refractivity contribution >= 4 is 33.1 Å². The smallest absolute Gasteiger partial charge is 0.330 e. The predicted octanol–water partition coefficient (Wildman–Crippen LogP) is -0.359. The fourth-order valence-corrected chi connectivity index (χ4v) is 3.22. The highest BCUT2D eigenvalue weighted by Gasteiger charge is 2.18. The maximum atomic E-state index is 12.3. The molecule has 6 N–H and O–H groups in total. The number of carbonyl (C=O) groups is 1. The molecule has 0 aliphatic carbocycles. The number of benzene rings is 1. The Labute approximate surface area is 167 Å². The molecule has 0 aliphatic heterocycles. The van der Waals surface area contributed by atoms with E-state index in [1.807, 2.05) is 6.92 Å². The monoisotopic (exact) mass is 424 g/mol. The summed E-state index contributed by atoms with van der Waals surface area (Å²) in [5.74, 6) is -0.485. The van der Waals surface area contributed by atoms with Crippen molar-refractivity contribution in [3.8, 4) is 0 Å². The summed E-state index contributed by atoms with van der Waals surface area (Å²) in [6.07, 6.45) is 1.54. The highest BCUT2D eigenvalue weighted by molar-refractivity contribution is 7.89. The first-order valence-corrected chi connectivity index (χ1v) is 10.4. The zero-order chi connectivity index (χ0) is 21.8. The minimum absolute atomic E-state index is 0.0139. The van der Waals surface area contributed by atoms with E-state index in [9.17, 15) is 22.8 Å². The molecule has 158 valence electrons. The topological polar surface area (TPSA) is 173 Å². The number of likely N-dealkylation sites (N-methyl/N-ethyl adjacent to an activating group) is 1. The van der Waals surface area contributed by atoms with Crippen LogP contribution in [0.5, 0.6) is 0 Å². The van der Waals surface area contributed by atoms with Gasteiger partial charge in [-0.15, -0.1) is 0 Å². The van der Waals surface area contributed by atoms with Crippen molar-refractivity contribution in [3.63, 3.8) is 0 Å². The van der Waals surface area contributed by atoms with Crippen LogP contribution in [0.3, 0.4) is 0 Å². The Balaban J connectivity index is 2.17. The number of nitrogen functional groups attached to an aromatic ring is 1. The molecular weight excluding hydrogens is 400 g/mol. The molecule has 1 amide bonds. The van der Waals surface area contributed by atoms with E-state index in [0.29, 0.717) is 18.7 Å². The van der Waals surface area contributed by atoms with Gasteiger partial charge in [-0.25, -0.2) is 18.4 Å². The molecule has 29 heavy (non-hydrogen) atoms. The van der Waals surface area contributed by atoms with Gasteiger partial charge in [0.1, 0.15) is 11.5 Å². The Hall–Kier alpha value is -3.12. The number of nitrogens with one attached hydrogen (secondary N) is 2. The first-order valence-electron chi connectivity index (χ1n) is 8.81. The van der Waals surface area contributed by atoms with Gasteiger partial charge in [0, 0.05) is 19.3 Å². The van der Waals surface area contributed by atoms with Crippen molar-refractivity contribution < 1.29 is 13.2 Å². The van der Waals surface area contributed by atoms with E-state index in [2.05, 4.69) is 10.3 Å². The van der Waals surface area contributed by atoms with E-state index in [1.165, 1.54) is 40.8 Å². The van der Waals surface area contributed by atoms with Crippen LogP contribution < -0.4 is 32.3 Å². The molecule has 1 aromatic heterocycles. The van der Waals surface area contributed by atoms with Crippen molar-refractivity contribution in [1.82, 2.24) is 9.55 Å². The van der Waals surface area contributed by atoms with Crippen molar-refractivity contribution in [3.05, 3.63) is 45.1 Å². The van der Waals surface area contributed by atoms with Crippen LogP contribution in [-0.2, 0) is 21.4 Å². The van der Waals surface area contributed by atoms with Crippen molar-refractivity contribution in [2.45, 2.75) is 31.2 Å². The Kier molecular flexibility index (Phi) is 6.82. The average molecular weight is 424 g/mol. The lowest BCUT2D eigenvalue weighted by Gasteiger charge is -2.21. The maximum Gasteiger partial charge on any atom is 0.330 e. The van der Waals surface area contributed by atoms with Crippen LogP contribution in [0.1, 0.15) is 19.8 Å². The molecule has 0 fully saturated rings. The van der Waals surface area contributed by atoms with Crippen LogP contribution in [0.15, 0.2) is 38.8 Å². The van der Waals surface area contributed by atoms with Crippen LogP contribution in [0.2, 0.25) is 0 Å². The van der Waals surface area contributed by atoms with Crippen molar-refractivity contribution in [1.29, 1.82) is 0 Å². The summed E-state index contributed by atoms with van der Waals surface area (Å²) in [7, 11) is -2.33. The summed E-state index contributed by atoms with van der Waals surface area (Å²) in [6.45, 7) is 2.08. The fourth-order valence-electron chi connectivity index (χ4n) is 2.71. The van der Waals surface area contributed by atoms with Crippen LogP contribution in [0.4, 0.5) is 17.2 Å². The first-order chi connectivity index (χ1) is 13.5. The highest BCUT2D eigenvalue weighted by atomic mass is 32.2. The number of primary sulfonamides is 1. The molecule has 0 radical (unpaired) electrons. The van der Waals surface area contributed by atoms with Crippen molar-refractivity contribution in [2.24, 2.45) is 5.14 Å². The van der Waals surface area contributed by atoms with Crippen LogP contribution in [0.25, 0.3) is 0 Å². The standard InChI is InChI=1S/C17H24N6O5S/c1-3-4-9-23-15(18)14(16(25)21-17(23)26)22(2)10-13(24)20-11-5-7-12(8-6-11)29(19,27)28/h5-8H,3-4,9-10,18H2,1-2H3,(H,20,24)(H2,19,27,28)(H,21,25,26). The second kappa shape index (κ2) is 8.92. The summed E-state index contributed by atoms with van der Waals surface area (Å²) in [5, 5.41) is 7.61. The Morgan fingerprint density at radius 3 is 2.41 bits per heavy atom. The molecule has 1 heterocycles. The molecule has 1 aromatic carbocycles. The molecule has 2 aromatic rings. The molecule has 0 unspecified atom stereocenters. The number of unbranched alkanes of at least 4 members (excludes halogenated alkanes) is 1. The van der Waals surface area contributed by atoms with Gasteiger partial charge < -0.3 is 16.0 Å². The molecule has 2 rings (SSSR count). The zero-order valence-electron chi connectivity index (χ0n) is 16.1. The first kappa shape index (κ1) is 22.2. The Morgan fingerprint density at radius 2 is 1.86 bits per heavy atom. The minimum atomic E-state index is -3.83. The molecule has 12 heteroatoms. The molecule has 0 saturated carbocycles. The quantitative estimate of drug-likeness (QED) is 0.447. The lowest BCUT2D eigenvalue weighted by Crippen LogP contribution is -2.39. The normalized spacial score (nSPS) is 11.3. The van der Waals surface area contributed by atoms with Crippen molar-refractivity contribution in [2.75, 3.05) is 29.5 Å². The molecule has 11 nitrogen and oxygen atoms in total. The number of carbonyl (C=O) groups excluding carboxylic acids is 1. The van der Waals surface area contributed by atoms with Gasteiger partial charge in [-0.1, -0.05) is 13.3 Å². The fraction of sp³-hybridized carbons (Fsp3) is 0.353. The summed E-state index contributed by atoms with van der Waals surface area (Å²) in [4.78, 5) is 40.0. The number of H-pyrrole nitrogens is 1. The lowest BCUT2D eigenvalue weighted by molar-refractivity contribution is -0.114. The van der Waals surface area contributed by atoms with Crippen LogP contribution in [-0.4, -0.2) is 37.5 Å². The largest absolute Gasteiger partial charge is 0.383 e. The summed E-state index contributed by atoms with van der Waals surface area (Å²) in [6, 6.07) is 5.31. The second-order valence-electron chi connectivity index (χ2n) is 6.47. The Bertz CT molecular complexity index is 1100. The highest BCUT2D eigenvalue weighted by Crippen LogP contribution is 2.16. The molecule has 0 spiro atoms. The van der Waals surface area contributed by atoms with E-state index in [4.69, 9.17) is 10.9 Å². The number of amides is 1. The number of nitrogens with zero attached hydrogens (tertiary/aromatic N) is 2. The predicted molar refractivity (Wildman–Crippen MR) is 110 cm³/mol. The third-order valence-electron chi connectivity index (χ3n) is 4.18. The summed E-state index contributed by atoms with van der Waals surface area (Å²) < 4.78 is 23.8. The molecule has 0 bridgehead atoms. The average Bonchev–Trinajstić information content (AvgIpc) is 2.60. The number of rotatable bonds is 8. The number of aromatic nitrogens is 2. The van der Waals surface area contributed by atoms with Gasteiger partial charge in [0.05, 0.1) is 11.4 Å². The SMILES string of the molecule is CCCCn1c(N)c(N(C)CC(=O)Nc2ccc(S(N)(=O)=O)cc2)c(=O)[nH]c1=O. The van der Waals surface area contributed by atoms with Gasteiger partial charge >= 0.3 is 5.69 Å². The van der Waals surface area contributed by atoms with Crippen LogP contribution >= 0.6 is 0 Å². The number of anilines is 3. The van der Waals surface area contributed by atoms with E-state index in [-0.39, 0.29) is 22.9 Å². The number of aromatic amines is 1. The minimum Gasteiger partial charge on any atom is -0.383 e. The van der Waals surface area contributed by atoms with E-state index in [1.54, 1.807) is 0 Å². The number of nitrogens with two attached hydrogens (primary N) is 2. The second-order valence-corrected chi connectivity index (χ2v) is 8.03. The van der Waals surface area contributed by atoms with Gasteiger partial charge in [-0.2, -0.15) is 0 Å². The van der Waals surface area contributed by atoms with E-state index >= 15 is 0 Å². The van der Waals surface area contributed by atoms with Gasteiger partial charge in [0.2, 0.25) is 15.9 Å². The number of sulfonamides is 1. The number of hydrogen-bond acceptors (Lipinski definition) is 7.